The molecule has 0 aromatic heterocycles. The number of carbonyl (C=O) groups excluding carboxylic acids is 1. The van der Waals surface area contributed by atoms with E-state index in [1.807, 2.05) is 6.92 Å². The number of nitrogens with zero attached hydrogens (tertiary/aromatic N) is 1. The molecule has 2 fully saturated rings. The molecule has 1 saturated heterocycles. The Kier molecular flexibility index (Phi) is 5.04. The zero-order valence-corrected chi connectivity index (χ0v) is 11.9. The van der Waals surface area contributed by atoms with Gasteiger partial charge < -0.3 is 4.74 Å². The summed E-state index contributed by atoms with van der Waals surface area (Å²) >= 11 is 0. The summed E-state index contributed by atoms with van der Waals surface area (Å²) in [7, 11) is 0. The van der Waals surface area contributed by atoms with Crippen LogP contribution in [0.15, 0.2) is 0 Å². The summed E-state index contributed by atoms with van der Waals surface area (Å²) in [5, 5.41) is 0. The molecule has 1 heterocycles. The zero-order chi connectivity index (χ0) is 13.0. The van der Waals surface area contributed by atoms with Crippen LogP contribution in [0, 0.1) is 5.92 Å². The van der Waals surface area contributed by atoms with Gasteiger partial charge in [-0.15, -0.1) is 0 Å². The highest BCUT2D eigenvalue weighted by molar-refractivity contribution is 5.76. The molecule has 0 spiro atoms. The topological polar surface area (TPSA) is 29.5 Å². The van der Waals surface area contributed by atoms with Crippen molar-refractivity contribution in [1.29, 1.82) is 0 Å². The number of esters is 1. The van der Waals surface area contributed by atoms with Crippen LogP contribution in [0.2, 0.25) is 0 Å². The highest BCUT2D eigenvalue weighted by atomic mass is 16.5. The lowest BCUT2D eigenvalue weighted by atomic mass is 9.84. The number of hydrogen-bond acceptors (Lipinski definition) is 3. The summed E-state index contributed by atoms with van der Waals surface area (Å²) < 4.78 is 5.21. The van der Waals surface area contributed by atoms with E-state index in [4.69, 9.17) is 4.74 Å². The molecule has 2 rings (SSSR count). The van der Waals surface area contributed by atoms with Crippen LogP contribution in [-0.4, -0.2) is 36.1 Å². The van der Waals surface area contributed by atoms with Gasteiger partial charge in [0.25, 0.3) is 0 Å². The molecule has 18 heavy (non-hydrogen) atoms. The van der Waals surface area contributed by atoms with Crippen molar-refractivity contribution >= 4 is 5.97 Å². The van der Waals surface area contributed by atoms with Gasteiger partial charge in [-0.1, -0.05) is 13.3 Å². The third-order valence-electron chi connectivity index (χ3n) is 4.72. The van der Waals surface area contributed by atoms with Crippen molar-refractivity contribution in [3.05, 3.63) is 0 Å². The second kappa shape index (κ2) is 6.55. The van der Waals surface area contributed by atoms with Crippen LogP contribution in [-0.2, 0) is 9.53 Å². The largest absolute Gasteiger partial charge is 0.465 e. The van der Waals surface area contributed by atoms with Crippen molar-refractivity contribution in [2.24, 2.45) is 5.92 Å². The maximum atomic E-state index is 12.0. The van der Waals surface area contributed by atoms with Gasteiger partial charge in [0.15, 0.2) is 0 Å². The van der Waals surface area contributed by atoms with E-state index < -0.39 is 0 Å². The normalized spacial score (nSPS) is 33.6. The Morgan fingerprint density at radius 3 is 2.50 bits per heavy atom. The molecule has 0 radical (unpaired) electrons. The summed E-state index contributed by atoms with van der Waals surface area (Å²) in [5.74, 6) is 0.928. The molecule has 1 aliphatic heterocycles. The van der Waals surface area contributed by atoms with Crippen molar-refractivity contribution in [2.45, 2.75) is 70.9 Å². The van der Waals surface area contributed by atoms with Crippen LogP contribution in [0.1, 0.15) is 58.8 Å². The molecule has 2 aliphatic rings. The SMILES string of the molecule is CCOC(=O)C1CCCN1C1CCC(CC)CC1. The third kappa shape index (κ3) is 3.05. The van der Waals surface area contributed by atoms with Crippen molar-refractivity contribution in [3.8, 4) is 0 Å². The Morgan fingerprint density at radius 2 is 1.89 bits per heavy atom. The van der Waals surface area contributed by atoms with Crippen LogP contribution in [0.5, 0.6) is 0 Å². The fourth-order valence-electron chi connectivity index (χ4n) is 3.60. The highest BCUT2D eigenvalue weighted by Crippen LogP contribution is 2.33. The molecular weight excluding hydrogens is 226 g/mol. The van der Waals surface area contributed by atoms with Gasteiger partial charge in [-0.25, -0.2) is 0 Å². The monoisotopic (exact) mass is 253 g/mol. The summed E-state index contributed by atoms with van der Waals surface area (Å²) in [6, 6.07) is 0.679. The maximum absolute atomic E-state index is 12.0. The smallest absolute Gasteiger partial charge is 0.323 e. The summed E-state index contributed by atoms with van der Waals surface area (Å²) in [6.45, 7) is 5.78. The van der Waals surface area contributed by atoms with E-state index in [2.05, 4.69) is 11.8 Å². The number of ether oxygens (including phenoxy) is 1. The minimum absolute atomic E-state index is 0.00705. The summed E-state index contributed by atoms with van der Waals surface area (Å²) in [6.07, 6.45) is 8.68. The van der Waals surface area contributed by atoms with Crippen LogP contribution in [0.3, 0.4) is 0 Å². The van der Waals surface area contributed by atoms with Crippen LogP contribution >= 0.6 is 0 Å². The molecule has 0 N–H and O–H groups in total. The fraction of sp³-hybridized carbons (Fsp3) is 0.933. The van der Waals surface area contributed by atoms with Crippen molar-refractivity contribution in [2.75, 3.05) is 13.2 Å². The van der Waals surface area contributed by atoms with Crippen LogP contribution < -0.4 is 0 Å². The zero-order valence-electron chi connectivity index (χ0n) is 11.9. The first-order valence-corrected chi connectivity index (χ1v) is 7.68. The van der Waals surface area contributed by atoms with E-state index in [0.29, 0.717) is 12.6 Å². The Labute approximate surface area is 111 Å². The first kappa shape index (κ1) is 13.9. The van der Waals surface area contributed by atoms with Gasteiger partial charge in [-0.2, -0.15) is 0 Å². The van der Waals surface area contributed by atoms with Gasteiger partial charge in [-0.3, -0.25) is 9.69 Å². The Bertz CT molecular complexity index is 272. The quantitative estimate of drug-likeness (QED) is 0.721. The molecule has 1 unspecified atom stereocenters. The van der Waals surface area contributed by atoms with Crippen molar-refractivity contribution < 1.29 is 9.53 Å². The molecule has 3 heteroatoms. The molecule has 0 aromatic carbocycles. The number of carbonyl (C=O) groups is 1. The van der Waals surface area contributed by atoms with E-state index in [1.165, 1.54) is 32.1 Å². The Morgan fingerprint density at radius 1 is 1.17 bits per heavy atom. The van der Waals surface area contributed by atoms with Gasteiger partial charge in [0.1, 0.15) is 6.04 Å². The average molecular weight is 253 g/mol. The second-order valence-corrected chi connectivity index (χ2v) is 5.73. The lowest BCUT2D eigenvalue weighted by Gasteiger charge is -2.36. The minimum atomic E-state index is 0.00705. The summed E-state index contributed by atoms with van der Waals surface area (Å²) in [5.41, 5.74) is 0. The maximum Gasteiger partial charge on any atom is 0.323 e. The molecule has 3 nitrogen and oxygen atoms in total. The number of likely N-dealkylation sites (tertiary alicyclic amines) is 1. The van der Waals surface area contributed by atoms with Gasteiger partial charge >= 0.3 is 5.97 Å². The Hall–Kier alpha value is -0.570. The minimum Gasteiger partial charge on any atom is -0.465 e. The number of hydrogen-bond donors (Lipinski definition) is 0. The van der Waals surface area contributed by atoms with Crippen LogP contribution in [0.25, 0.3) is 0 Å². The highest BCUT2D eigenvalue weighted by Gasteiger charge is 2.37. The summed E-state index contributed by atoms with van der Waals surface area (Å²) in [4.78, 5) is 14.4. The molecule has 1 atom stereocenters. The first-order valence-electron chi connectivity index (χ1n) is 7.68. The van der Waals surface area contributed by atoms with E-state index >= 15 is 0 Å². The molecule has 0 aromatic rings. The van der Waals surface area contributed by atoms with Crippen molar-refractivity contribution in [1.82, 2.24) is 4.90 Å². The van der Waals surface area contributed by atoms with Crippen LogP contribution in [0.4, 0.5) is 0 Å². The predicted octanol–water partition coefficient (Wildman–Crippen LogP) is 2.98. The molecule has 1 aliphatic carbocycles. The van der Waals surface area contributed by atoms with E-state index in [0.717, 1.165) is 25.3 Å². The van der Waals surface area contributed by atoms with E-state index in [1.54, 1.807) is 0 Å². The van der Waals surface area contributed by atoms with Crippen molar-refractivity contribution in [3.63, 3.8) is 0 Å². The second-order valence-electron chi connectivity index (χ2n) is 5.73. The van der Waals surface area contributed by atoms with Gasteiger partial charge in [-0.05, 0) is 57.9 Å². The lowest BCUT2D eigenvalue weighted by molar-refractivity contribution is -0.149. The van der Waals surface area contributed by atoms with Gasteiger partial charge in [0, 0.05) is 6.04 Å². The molecule has 104 valence electrons. The standard InChI is InChI=1S/C15H27NO2/c1-3-12-7-9-13(10-8-12)16-11-5-6-14(16)15(17)18-4-2/h12-14H,3-11H2,1-2H3. The van der Waals surface area contributed by atoms with E-state index in [9.17, 15) is 4.79 Å². The van der Waals surface area contributed by atoms with E-state index in [-0.39, 0.29) is 12.0 Å². The predicted molar refractivity (Wildman–Crippen MR) is 72.4 cm³/mol. The average Bonchev–Trinajstić information content (AvgIpc) is 2.88. The fourth-order valence-corrected chi connectivity index (χ4v) is 3.60. The molecule has 1 saturated carbocycles. The first-order chi connectivity index (χ1) is 8.76. The van der Waals surface area contributed by atoms with Gasteiger partial charge in [0.05, 0.1) is 6.61 Å². The molecular formula is C15H27NO2. The molecule has 0 amide bonds. The Balaban J connectivity index is 1.89. The third-order valence-corrected chi connectivity index (χ3v) is 4.72. The number of rotatable bonds is 4. The van der Waals surface area contributed by atoms with Gasteiger partial charge in [0.2, 0.25) is 0 Å². The lowest BCUT2D eigenvalue weighted by Crippen LogP contribution is -2.45. The molecule has 0 bridgehead atoms.